The van der Waals surface area contributed by atoms with E-state index in [2.05, 4.69) is 15.6 Å². The highest BCUT2D eigenvalue weighted by Gasteiger charge is 2.12. The molecule has 1 fully saturated rings. The molecule has 0 aliphatic carbocycles. The quantitative estimate of drug-likeness (QED) is 0.765. The van der Waals surface area contributed by atoms with Crippen LogP contribution in [0.15, 0.2) is 24.4 Å². The highest BCUT2D eigenvalue weighted by molar-refractivity contribution is 5.90. The predicted octanol–water partition coefficient (Wildman–Crippen LogP) is 1.57. The minimum Gasteiger partial charge on any atom is -0.372 e. The number of carbonyl (C=O) groups is 1. The minimum absolute atomic E-state index is 0.0866. The Bertz CT molecular complexity index is 378. The van der Waals surface area contributed by atoms with E-state index in [-0.39, 0.29) is 12.5 Å². The highest BCUT2D eigenvalue weighted by Crippen LogP contribution is 2.09. The largest absolute Gasteiger partial charge is 0.372 e. The van der Waals surface area contributed by atoms with Crippen LogP contribution in [0.1, 0.15) is 25.7 Å². The van der Waals surface area contributed by atoms with E-state index in [0.717, 1.165) is 13.0 Å². The highest BCUT2D eigenvalue weighted by atomic mass is 16.5. The van der Waals surface area contributed by atoms with Crippen molar-refractivity contribution in [3.63, 3.8) is 0 Å². The molecule has 0 aromatic carbocycles. The summed E-state index contributed by atoms with van der Waals surface area (Å²) in [6, 6.07) is 5.94. The van der Waals surface area contributed by atoms with Crippen molar-refractivity contribution in [1.29, 1.82) is 0 Å². The number of amides is 1. The fourth-order valence-electron chi connectivity index (χ4n) is 2.18. The van der Waals surface area contributed by atoms with E-state index in [9.17, 15) is 4.79 Å². The van der Waals surface area contributed by atoms with E-state index in [1.165, 1.54) is 19.3 Å². The van der Waals surface area contributed by atoms with Gasteiger partial charge in [-0.15, -0.1) is 0 Å². The van der Waals surface area contributed by atoms with Crippen LogP contribution in [-0.4, -0.2) is 36.7 Å². The Kier molecular flexibility index (Phi) is 5.78. The van der Waals surface area contributed by atoms with Gasteiger partial charge < -0.3 is 15.4 Å². The molecule has 1 aromatic heterocycles. The lowest BCUT2D eigenvalue weighted by Gasteiger charge is -2.23. The van der Waals surface area contributed by atoms with E-state index in [1.54, 1.807) is 12.3 Å². The van der Waals surface area contributed by atoms with Crippen LogP contribution in [0.25, 0.3) is 0 Å². The van der Waals surface area contributed by atoms with Gasteiger partial charge in [-0.25, -0.2) is 4.98 Å². The van der Waals surface area contributed by atoms with E-state index < -0.39 is 0 Å². The lowest BCUT2D eigenvalue weighted by molar-refractivity contribution is -0.120. The van der Waals surface area contributed by atoms with Gasteiger partial charge in [0.1, 0.15) is 12.4 Å². The number of ether oxygens (including phenoxy) is 1. The van der Waals surface area contributed by atoms with Gasteiger partial charge in [-0.3, -0.25) is 4.79 Å². The van der Waals surface area contributed by atoms with Crippen molar-refractivity contribution in [3.8, 4) is 0 Å². The second kappa shape index (κ2) is 7.86. The number of hydrogen-bond acceptors (Lipinski definition) is 4. The average Bonchev–Trinajstić information content (AvgIpc) is 2.46. The van der Waals surface area contributed by atoms with Crippen LogP contribution >= 0.6 is 0 Å². The monoisotopic (exact) mass is 263 g/mol. The molecule has 0 bridgehead atoms. The van der Waals surface area contributed by atoms with Crippen LogP contribution in [0.5, 0.6) is 0 Å². The van der Waals surface area contributed by atoms with Gasteiger partial charge >= 0.3 is 0 Å². The van der Waals surface area contributed by atoms with Gasteiger partial charge in [0.25, 0.3) is 5.91 Å². The van der Waals surface area contributed by atoms with E-state index in [1.807, 2.05) is 12.1 Å². The van der Waals surface area contributed by atoms with Crippen molar-refractivity contribution in [3.05, 3.63) is 24.4 Å². The van der Waals surface area contributed by atoms with Crippen molar-refractivity contribution in [2.24, 2.45) is 0 Å². The first-order valence-electron chi connectivity index (χ1n) is 6.86. The summed E-state index contributed by atoms with van der Waals surface area (Å²) < 4.78 is 5.39. The van der Waals surface area contributed by atoms with Crippen LogP contribution in [0.2, 0.25) is 0 Å². The zero-order valence-electron chi connectivity index (χ0n) is 11.1. The molecule has 1 atom stereocenters. The molecule has 19 heavy (non-hydrogen) atoms. The maximum Gasteiger partial charge on any atom is 0.251 e. The zero-order valence-corrected chi connectivity index (χ0v) is 11.1. The normalized spacial score (nSPS) is 19.1. The number of anilines is 1. The lowest BCUT2D eigenvalue weighted by Crippen LogP contribution is -2.35. The molecule has 1 unspecified atom stereocenters. The number of nitrogens with one attached hydrogen (secondary N) is 2. The van der Waals surface area contributed by atoms with Gasteiger partial charge in [0.2, 0.25) is 0 Å². The third-order valence-electron chi connectivity index (χ3n) is 3.19. The molecule has 0 spiro atoms. The molecule has 2 N–H and O–H groups in total. The first kappa shape index (κ1) is 14.0. The first-order valence-corrected chi connectivity index (χ1v) is 6.86. The number of rotatable bonds is 6. The van der Waals surface area contributed by atoms with Gasteiger partial charge in [0.05, 0.1) is 0 Å². The molecule has 5 nitrogen and oxygen atoms in total. The number of piperidine rings is 1. The standard InChI is InChI=1S/C14H21N3O2/c18-14(17-13-6-2-4-9-16-13)11-19-10-7-12-5-1-3-8-15-12/h2,4,6,9,12,15H,1,3,5,7-8,10-11H2,(H,16,17,18). The zero-order chi connectivity index (χ0) is 13.3. The third-order valence-corrected chi connectivity index (χ3v) is 3.19. The lowest BCUT2D eigenvalue weighted by atomic mass is 10.0. The van der Waals surface area contributed by atoms with E-state index in [0.29, 0.717) is 18.5 Å². The molecule has 5 heteroatoms. The van der Waals surface area contributed by atoms with Crippen LogP contribution in [0, 0.1) is 0 Å². The maximum absolute atomic E-state index is 11.6. The van der Waals surface area contributed by atoms with Crippen molar-refractivity contribution in [1.82, 2.24) is 10.3 Å². The summed E-state index contributed by atoms with van der Waals surface area (Å²) >= 11 is 0. The van der Waals surface area contributed by atoms with E-state index in [4.69, 9.17) is 4.74 Å². The number of hydrogen-bond donors (Lipinski definition) is 2. The second-order valence-electron chi connectivity index (χ2n) is 4.75. The number of aromatic nitrogens is 1. The fourth-order valence-corrected chi connectivity index (χ4v) is 2.18. The average molecular weight is 263 g/mol. The minimum atomic E-state index is -0.157. The van der Waals surface area contributed by atoms with Crippen molar-refractivity contribution >= 4 is 11.7 Å². The summed E-state index contributed by atoms with van der Waals surface area (Å²) in [5, 5.41) is 6.15. The molecule has 0 saturated carbocycles. The molecular formula is C14H21N3O2. The summed E-state index contributed by atoms with van der Waals surface area (Å²) in [5.41, 5.74) is 0. The van der Waals surface area contributed by atoms with Crippen LogP contribution in [0.3, 0.4) is 0 Å². The maximum atomic E-state index is 11.6. The fraction of sp³-hybridized carbons (Fsp3) is 0.571. The molecule has 1 saturated heterocycles. The molecule has 104 valence electrons. The van der Waals surface area contributed by atoms with Gasteiger partial charge in [0.15, 0.2) is 0 Å². The second-order valence-corrected chi connectivity index (χ2v) is 4.75. The number of nitrogens with zero attached hydrogens (tertiary/aromatic N) is 1. The van der Waals surface area contributed by atoms with Crippen molar-refractivity contribution in [2.45, 2.75) is 31.7 Å². The Balaban J connectivity index is 1.56. The molecule has 1 aliphatic heterocycles. The Morgan fingerprint density at radius 2 is 2.42 bits per heavy atom. The summed E-state index contributed by atoms with van der Waals surface area (Å²) in [6.07, 6.45) is 6.38. The summed E-state index contributed by atoms with van der Waals surface area (Å²) in [4.78, 5) is 15.6. The summed E-state index contributed by atoms with van der Waals surface area (Å²) in [6.45, 7) is 1.81. The van der Waals surface area contributed by atoms with Crippen LogP contribution in [-0.2, 0) is 9.53 Å². The van der Waals surface area contributed by atoms with Gasteiger partial charge in [-0.1, -0.05) is 12.5 Å². The Labute approximate surface area is 113 Å². The first-order chi connectivity index (χ1) is 9.34. The Hall–Kier alpha value is -1.46. The van der Waals surface area contributed by atoms with Crippen LogP contribution in [0.4, 0.5) is 5.82 Å². The van der Waals surface area contributed by atoms with Crippen LogP contribution < -0.4 is 10.6 Å². The van der Waals surface area contributed by atoms with Gasteiger partial charge in [0, 0.05) is 18.8 Å². The summed E-state index contributed by atoms with van der Waals surface area (Å²) in [5.74, 6) is 0.403. The smallest absolute Gasteiger partial charge is 0.251 e. The topological polar surface area (TPSA) is 63.2 Å². The van der Waals surface area contributed by atoms with Crippen molar-refractivity contribution in [2.75, 3.05) is 25.1 Å². The molecule has 2 heterocycles. The molecular weight excluding hydrogens is 242 g/mol. The van der Waals surface area contributed by atoms with Gasteiger partial charge in [-0.2, -0.15) is 0 Å². The Morgan fingerprint density at radius 3 is 3.16 bits per heavy atom. The van der Waals surface area contributed by atoms with E-state index >= 15 is 0 Å². The molecule has 2 rings (SSSR count). The molecule has 1 aromatic rings. The molecule has 0 radical (unpaired) electrons. The van der Waals surface area contributed by atoms with Crippen molar-refractivity contribution < 1.29 is 9.53 Å². The van der Waals surface area contributed by atoms with Gasteiger partial charge in [-0.05, 0) is 37.9 Å². The molecule has 1 amide bonds. The predicted molar refractivity (Wildman–Crippen MR) is 73.9 cm³/mol. The Morgan fingerprint density at radius 1 is 1.47 bits per heavy atom. The third kappa shape index (κ3) is 5.36. The summed E-state index contributed by atoms with van der Waals surface area (Å²) in [7, 11) is 0. The number of pyridine rings is 1. The SMILES string of the molecule is O=C(COCCC1CCCCN1)Nc1ccccn1. The number of carbonyl (C=O) groups excluding carboxylic acids is 1. The molecule has 1 aliphatic rings.